The Bertz CT molecular complexity index is 1690. The van der Waals surface area contributed by atoms with Crippen molar-refractivity contribution in [3.63, 3.8) is 0 Å². The largest absolute Gasteiger partial charge is 0.484 e. The van der Waals surface area contributed by atoms with Crippen LogP contribution in [0.2, 0.25) is 0 Å². The number of hydrogen-bond acceptors (Lipinski definition) is 5. The topological polar surface area (TPSA) is 84.3 Å². The van der Waals surface area contributed by atoms with Crippen molar-refractivity contribution in [1.29, 1.82) is 0 Å². The number of pyridine rings is 2. The van der Waals surface area contributed by atoms with Gasteiger partial charge in [0.05, 0.1) is 17.8 Å². The molecule has 8 nitrogen and oxygen atoms in total. The Balaban J connectivity index is 1.30. The number of para-hydroxylation sites is 1. The minimum Gasteiger partial charge on any atom is -0.484 e. The van der Waals surface area contributed by atoms with E-state index in [0.29, 0.717) is 16.5 Å². The van der Waals surface area contributed by atoms with E-state index in [1.165, 1.54) is 0 Å². The average Bonchev–Trinajstić information content (AvgIpc) is 3.52. The number of nitrogens with one attached hydrogen (secondary N) is 2. The van der Waals surface area contributed by atoms with E-state index >= 15 is 0 Å². The SMILES string of the molecule is Cc1cc([C@@H]2[C@@H](c3ccccn3)NC(=S)N2c2ccc(NC(=O)COc3ccccc3)cc2)c(C)n1-c1ccccn1. The summed E-state index contributed by atoms with van der Waals surface area (Å²) < 4.78 is 7.74. The number of aromatic nitrogens is 3. The van der Waals surface area contributed by atoms with E-state index in [-0.39, 0.29) is 24.6 Å². The molecule has 1 amide bonds. The van der Waals surface area contributed by atoms with Gasteiger partial charge < -0.3 is 24.8 Å². The van der Waals surface area contributed by atoms with Crippen LogP contribution in [0.25, 0.3) is 5.82 Å². The van der Waals surface area contributed by atoms with E-state index in [4.69, 9.17) is 17.0 Å². The summed E-state index contributed by atoms with van der Waals surface area (Å²) in [6, 6.07) is 30.6. The number of anilines is 2. The first-order valence-electron chi connectivity index (χ1n) is 13.7. The van der Waals surface area contributed by atoms with Gasteiger partial charge in [0.25, 0.3) is 5.91 Å². The van der Waals surface area contributed by atoms with E-state index in [9.17, 15) is 4.79 Å². The summed E-state index contributed by atoms with van der Waals surface area (Å²) in [7, 11) is 0. The van der Waals surface area contributed by atoms with Crippen molar-refractivity contribution in [2.45, 2.75) is 25.9 Å². The Labute approximate surface area is 250 Å². The first-order valence-corrected chi connectivity index (χ1v) is 14.1. The number of aryl methyl sites for hydroxylation is 1. The summed E-state index contributed by atoms with van der Waals surface area (Å²) in [5.74, 6) is 1.28. The fraction of sp³-hybridized carbons (Fsp3) is 0.152. The number of carbonyl (C=O) groups excluding carboxylic acids is 1. The zero-order valence-corrected chi connectivity index (χ0v) is 24.1. The number of amides is 1. The van der Waals surface area contributed by atoms with Gasteiger partial charge in [-0.25, -0.2) is 4.98 Å². The van der Waals surface area contributed by atoms with Gasteiger partial charge in [-0.2, -0.15) is 0 Å². The molecule has 9 heteroatoms. The summed E-state index contributed by atoms with van der Waals surface area (Å²) >= 11 is 5.92. The van der Waals surface area contributed by atoms with Gasteiger partial charge >= 0.3 is 0 Å². The first-order chi connectivity index (χ1) is 20.5. The second-order valence-electron chi connectivity index (χ2n) is 10.0. The Morgan fingerprint density at radius 1 is 0.929 bits per heavy atom. The smallest absolute Gasteiger partial charge is 0.262 e. The highest BCUT2D eigenvalue weighted by Gasteiger charge is 2.42. The van der Waals surface area contributed by atoms with Gasteiger partial charge in [-0.1, -0.05) is 30.3 Å². The van der Waals surface area contributed by atoms with Crippen LogP contribution < -0.4 is 20.3 Å². The average molecular weight is 575 g/mol. The molecule has 5 aromatic rings. The van der Waals surface area contributed by atoms with Gasteiger partial charge in [-0.3, -0.25) is 9.78 Å². The second kappa shape index (κ2) is 11.8. The van der Waals surface area contributed by atoms with Crippen LogP contribution in [0.3, 0.4) is 0 Å². The monoisotopic (exact) mass is 574 g/mol. The predicted molar refractivity (Wildman–Crippen MR) is 168 cm³/mol. The quantitative estimate of drug-likeness (QED) is 0.217. The van der Waals surface area contributed by atoms with E-state index in [2.05, 4.69) is 50.0 Å². The molecular weight excluding hydrogens is 544 g/mol. The Morgan fingerprint density at radius 3 is 2.33 bits per heavy atom. The van der Waals surface area contributed by atoms with Gasteiger partial charge in [0.1, 0.15) is 11.6 Å². The molecule has 6 rings (SSSR count). The van der Waals surface area contributed by atoms with Gasteiger partial charge in [0.2, 0.25) is 0 Å². The van der Waals surface area contributed by atoms with Crippen molar-refractivity contribution < 1.29 is 9.53 Å². The highest BCUT2D eigenvalue weighted by molar-refractivity contribution is 7.80. The number of hydrogen-bond donors (Lipinski definition) is 2. The molecule has 1 fully saturated rings. The zero-order chi connectivity index (χ0) is 29.1. The minimum absolute atomic E-state index is 0.0778. The summed E-state index contributed by atoms with van der Waals surface area (Å²) in [6.45, 7) is 4.12. The third-order valence-electron chi connectivity index (χ3n) is 7.31. The molecule has 1 saturated heterocycles. The molecule has 3 aromatic heterocycles. The summed E-state index contributed by atoms with van der Waals surface area (Å²) in [4.78, 5) is 23.9. The molecule has 0 unspecified atom stereocenters. The molecule has 210 valence electrons. The minimum atomic E-state index is -0.236. The molecule has 1 aliphatic heterocycles. The lowest BCUT2D eigenvalue weighted by Crippen LogP contribution is -2.29. The van der Waals surface area contributed by atoms with Crippen LogP contribution in [0.5, 0.6) is 5.75 Å². The van der Waals surface area contributed by atoms with Gasteiger partial charge in [0, 0.05) is 35.2 Å². The third kappa shape index (κ3) is 5.46. The zero-order valence-electron chi connectivity index (χ0n) is 23.3. The van der Waals surface area contributed by atoms with Crippen LogP contribution in [0, 0.1) is 13.8 Å². The van der Waals surface area contributed by atoms with Gasteiger partial charge in [-0.15, -0.1) is 0 Å². The van der Waals surface area contributed by atoms with Crippen molar-refractivity contribution in [3.05, 3.63) is 132 Å². The predicted octanol–water partition coefficient (Wildman–Crippen LogP) is 6.08. The van der Waals surface area contributed by atoms with Crippen molar-refractivity contribution in [2.24, 2.45) is 0 Å². The molecule has 0 spiro atoms. The van der Waals surface area contributed by atoms with E-state index < -0.39 is 0 Å². The van der Waals surface area contributed by atoms with Crippen LogP contribution in [0.4, 0.5) is 11.4 Å². The molecule has 1 aliphatic rings. The summed E-state index contributed by atoms with van der Waals surface area (Å²) in [5, 5.41) is 7.03. The van der Waals surface area contributed by atoms with Crippen LogP contribution >= 0.6 is 12.2 Å². The third-order valence-corrected chi connectivity index (χ3v) is 7.62. The summed E-state index contributed by atoms with van der Waals surface area (Å²) in [5.41, 5.74) is 5.75. The van der Waals surface area contributed by atoms with Crippen LogP contribution in [-0.4, -0.2) is 32.2 Å². The van der Waals surface area contributed by atoms with E-state index in [0.717, 1.165) is 34.2 Å². The lowest BCUT2D eigenvalue weighted by Gasteiger charge is -2.28. The van der Waals surface area contributed by atoms with Crippen molar-refractivity contribution in [1.82, 2.24) is 19.9 Å². The van der Waals surface area contributed by atoms with Crippen LogP contribution in [0.1, 0.15) is 34.7 Å². The number of ether oxygens (including phenoxy) is 1. The van der Waals surface area contributed by atoms with Crippen molar-refractivity contribution >= 4 is 34.6 Å². The fourth-order valence-electron chi connectivity index (χ4n) is 5.44. The Kier molecular flexibility index (Phi) is 7.66. The van der Waals surface area contributed by atoms with Gasteiger partial charge in [-0.05, 0) is 98.4 Å². The van der Waals surface area contributed by atoms with Crippen LogP contribution in [0.15, 0.2) is 109 Å². The highest BCUT2D eigenvalue weighted by atomic mass is 32.1. The molecule has 0 saturated carbocycles. The van der Waals surface area contributed by atoms with E-state index in [1.54, 1.807) is 12.4 Å². The standard InChI is InChI=1S/C33H30N6O2S/c1-22-20-27(23(2)38(22)29-13-7-9-19-35-29)32-31(28-12-6-8-18-34-28)37-33(42)39(32)25-16-14-24(15-17-25)36-30(40)21-41-26-10-4-3-5-11-26/h3-20,31-32H,21H2,1-2H3,(H,36,40)(H,37,42)/t31-,32-/m1/s1. The number of nitrogens with zero attached hydrogens (tertiary/aromatic N) is 4. The maximum atomic E-state index is 12.5. The Hall–Kier alpha value is -5.02. The maximum Gasteiger partial charge on any atom is 0.262 e. The molecule has 4 heterocycles. The normalized spacial score (nSPS) is 16.2. The molecule has 2 aromatic carbocycles. The van der Waals surface area contributed by atoms with Crippen molar-refractivity contribution in [3.8, 4) is 11.6 Å². The molecule has 42 heavy (non-hydrogen) atoms. The number of rotatable bonds is 8. The number of carbonyl (C=O) groups is 1. The lowest BCUT2D eigenvalue weighted by molar-refractivity contribution is -0.118. The van der Waals surface area contributed by atoms with Gasteiger partial charge in [0.15, 0.2) is 11.7 Å². The Morgan fingerprint density at radius 2 is 1.64 bits per heavy atom. The molecule has 0 radical (unpaired) electrons. The van der Waals surface area contributed by atoms with E-state index in [1.807, 2.05) is 91.0 Å². The second-order valence-corrected chi connectivity index (χ2v) is 10.4. The number of thiocarbonyl (C=S) groups is 1. The number of benzene rings is 2. The molecule has 2 N–H and O–H groups in total. The molecule has 2 atom stereocenters. The first kappa shape index (κ1) is 27.2. The summed E-state index contributed by atoms with van der Waals surface area (Å²) in [6.07, 6.45) is 3.60. The van der Waals surface area contributed by atoms with Crippen LogP contribution in [-0.2, 0) is 4.79 Å². The highest BCUT2D eigenvalue weighted by Crippen LogP contribution is 2.43. The lowest BCUT2D eigenvalue weighted by atomic mass is 9.96. The molecule has 0 bridgehead atoms. The molecular formula is C33H30N6O2S. The molecule has 0 aliphatic carbocycles. The van der Waals surface area contributed by atoms with Crippen molar-refractivity contribution in [2.75, 3.05) is 16.8 Å². The maximum absolute atomic E-state index is 12.5. The fourth-order valence-corrected chi connectivity index (χ4v) is 5.79.